The van der Waals surface area contributed by atoms with Crippen molar-refractivity contribution >= 4 is 32.7 Å². The molecule has 90 valence electrons. The Morgan fingerprint density at radius 1 is 1.38 bits per heavy atom. The van der Waals surface area contributed by atoms with Crippen LogP contribution in [0.5, 0.6) is 0 Å². The first-order valence-electron chi connectivity index (χ1n) is 4.59. The molecule has 0 radical (unpaired) electrons. The van der Waals surface area contributed by atoms with E-state index in [9.17, 15) is 10.0 Å². The van der Waals surface area contributed by atoms with E-state index in [1.807, 2.05) is 0 Å². The van der Waals surface area contributed by atoms with Gasteiger partial charge in [0.05, 0.1) is 5.69 Å². The topological polar surface area (TPSA) is 52.6 Å². The monoisotopic (exact) mass is 262 g/mol. The van der Waals surface area contributed by atoms with Crippen LogP contribution in [0.15, 0.2) is 24.3 Å². The van der Waals surface area contributed by atoms with Gasteiger partial charge in [-0.15, -0.1) is 10.2 Å². The fraction of sp³-hybridized carbons (Fsp3) is 0.300. The number of hydroxylamine groups is 1. The minimum atomic E-state index is -1.70. The number of rotatable bonds is 2. The van der Waals surface area contributed by atoms with Gasteiger partial charge in [0.1, 0.15) is 0 Å². The van der Waals surface area contributed by atoms with E-state index in [0.29, 0.717) is 15.8 Å². The number of carbonyl (C=O) groups is 1. The van der Waals surface area contributed by atoms with E-state index in [4.69, 9.17) is 11.6 Å². The zero-order valence-corrected chi connectivity index (χ0v) is 11.0. The zero-order chi connectivity index (χ0) is 12.3. The van der Waals surface area contributed by atoms with Gasteiger partial charge in [0.25, 0.3) is 0 Å². The number of anilines is 1. The van der Waals surface area contributed by atoms with Crippen molar-refractivity contribution in [1.29, 1.82) is 0 Å². The molecule has 4 nitrogen and oxygen atoms in total. The molecule has 1 amide bonds. The van der Waals surface area contributed by atoms with Gasteiger partial charge in [-0.25, -0.2) is 0 Å². The van der Waals surface area contributed by atoms with E-state index >= 15 is 0 Å². The molecule has 0 aromatic heterocycles. The maximum atomic E-state index is 11.9. The molecule has 0 unspecified atom stereocenters. The van der Waals surface area contributed by atoms with E-state index in [2.05, 4.69) is 4.72 Å². The minimum Gasteiger partial charge on any atom is -0.280 e. The Balaban J connectivity index is 2.90. The average molecular weight is 263 g/mol. The van der Waals surface area contributed by atoms with Gasteiger partial charge in [-0.05, 0) is 43.8 Å². The van der Waals surface area contributed by atoms with Crippen LogP contribution in [-0.4, -0.2) is 30.0 Å². The van der Waals surface area contributed by atoms with Crippen LogP contribution in [0.4, 0.5) is 10.5 Å². The maximum absolute atomic E-state index is 11.9. The summed E-state index contributed by atoms with van der Waals surface area (Å²) in [5.41, 5.74) is 0.408. The van der Waals surface area contributed by atoms with Crippen molar-refractivity contribution in [3.63, 3.8) is 0 Å². The molecule has 0 aliphatic rings. The Morgan fingerprint density at radius 2 is 1.88 bits per heavy atom. The second kappa shape index (κ2) is 5.05. The molecule has 0 saturated carbocycles. The Hall–Kier alpha value is -0.750. The second-order valence-electron chi connectivity index (χ2n) is 3.59. The molecule has 16 heavy (non-hydrogen) atoms. The van der Waals surface area contributed by atoms with E-state index in [1.165, 1.54) is 0 Å². The van der Waals surface area contributed by atoms with Crippen LogP contribution >= 0.6 is 21.8 Å². The molecule has 0 aliphatic heterocycles. The normalized spacial score (nSPS) is 12.3. The van der Waals surface area contributed by atoms with Gasteiger partial charge in [0.15, 0.2) is 0 Å². The van der Waals surface area contributed by atoms with Crippen LogP contribution < -0.4 is 9.79 Å². The Labute approximate surface area is 102 Å². The lowest BCUT2D eigenvalue weighted by atomic mass is 10.3. The van der Waals surface area contributed by atoms with Crippen LogP contribution in [0.1, 0.15) is 0 Å². The Morgan fingerprint density at radius 3 is 2.31 bits per heavy atom. The molecule has 1 aromatic rings. The number of halogens is 1. The summed E-state index contributed by atoms with van der Waals surface area (Å²) in [6.07, 6.45) is 3.54. The van der Waals surface area contributed by atoms with Crippen LogP contribution in [-0.2, 0) is 0 Å². The van der Waals surface area contributed by atoms with Gasteiger partial charge < -0.3 is 0 Å². The maximum Gasteiger partial charge on any atom is 0.304 e. The van der Waals surface area contributed by atoms with E-state index in [0.717, 1.165) is 0 Å². The summed E-state index contributed by atoms with van der Waals surface area (Å²) in [7, 11) is -0.00430. The molecule has 0 bridgehead atoms. The van der Waals surface area contributed by atoms with Gasteiger partial charge in [-0.3, -0.25) is 14.7 Å². The van der Waals surface area contributed by atoms with Crippen molar-refractivity contribution in [2.24, 2.45) is 0 Å². The third kappa shape index (κ3) is 2.89. The molecule has 1 aromatic carbocycles. The van der Waals surface area contributed by atoms with Crippen LogP contribution in [0.2, 0.25) is 5.02 Å². The summed E-state index contributed by atoms with van der Waals surface area (Å²) in [5, 5.41) is 10.6. The molecule has 0 atom stereocenters. The van der Waals surface area contributed by atoms with Crippen molar-refractivity contribution in [3.8, 4) is 0 Å². The van der Waals surface area contributed by atoms with Gasteiger partial charge >= 0.3 is 5.24 Å². The smallest absolute Gasteiger partial charge is 0.280 e. The lowest BCUT2D eigenvalue weighted by Crippen LogP contribution is -2.34. The molecule has 1 rings (SSSR count). The van der Waals surface area contributed by atoms with Crippen molar-refractivity contribution in [1.82, 2.24) is 4.72 Å². The summed E-state index contributed by atoms with van der Waals surface area (Å²) in [4.78, 5) is 11.9. The van der Waals surface area contributed by atoms with Crippen molar-refractivity contribution in [2.45, 2.75) is 0 Å². The summed E-state index contributed by atoms with van der Waals surface area (Å²) < 4.78 is 2.91. The Kier molecular flexibility index (Phi) is 4.21. The number of hydrogen-bond acceptors (Lipinski definition) is 3. The highest BCUT2D eigenvalue weighted by atomic mass is 35.5. The first kappa shape index (κ1) is 13.3. The van der Waals surface area contributed by atoms with Crippen molar-refractivity contribution in [3.05, 3.63) is 29.3 Å². The van der Waals surface area contributed by atoms with Crippen LogP contribution in [0.25, 0.3) is 0 Å². The fourth-order valence-electron chi connectivity index (χ4n) is 0.991. The van der Waals surface area contributed by atoms with E-state index < -0.39 is 10.2 Å². The fourth-order valence-corrected chi connectivity index (χ4v) is 1.83. The zero-order valence-electron chi connectivity index (χ0n) is 9.40. The molecule has 0 spiro atoms. The van der Waals surface area contributed by atoms with Gasteiger partial charge in [0, 0.05) is 5.02 Å². The molecular weight excluding hydrogens is 248 g/mol. The van der Waals surface area contributed by atoms with E-state index in [1.54, 1.807) is 43.8 Å². The van der Waals surface area contributed by atoms with Crippen molar-refractivity contribution in [2.75, 3.05) is 24.6 Å². The summed E-state index contributed by atoms with van der Waals surface area (Å²) in [6.45, 7) is 0. The number of carbonyl (C=O) groups excluding carboxylic acids is 1. The average Bonchev–Trinajstić information content (AvgIpc) is 2.28. The molecule has 0 fully saturated rings. The molecule has 2 N–H and O–H groups in total. The molecule has 0 heterocycles. The lowest BCUT2D eigenvalue weighted by Gasteiger charge is -2.31. The highest BCUT2D eigenvalue weighted by Crippen LogP contribution is 2.38. The van der Waals surface area contributed by atoms with E-state index in [-0.39, 0.29) is 5.24 Å². The number of hydrogen-bond donors (Lipinski definition) is 2. The third-order valence-corrected chi connectivity index (χ3v) is 4.51. The van der Waals surface area contributed by atoms with Crippen molar-refractivity contribution < 1.29 is 10.0 Å². The number of nitrogens with zero attached hydrogens (tertiary/aromatic N) is 1. The van der Waals surface area contributed by atoms with Crippen LogP contribution in [0.3, 0.4) is 0 Å². The predicted molar refractivity (Wildman–Crippen MR) is 69.6 cm³/mol. The summed E-state index contributed by atoms with van der Waals surface area (Å²) in [5.74, 6) is 0. The highest BCUT2D eigenvalue weighted by molar-refractivity contribution is 8.43. The third-order valence-electron chi connectivity index (χ3n) is 2.19. The highest BCUT2D eigenvalue weighted by Gasteiger charge is 2.26. The first-order valence-corrected chi connectivity index (χ1v) is 7.41. The number of benzene rings is 1. The lowest BCUT2D eigenvalue weighted by molar-refractivity contribution is 0.224. The second-order valence-corrected chi connectivity index (χ2v) is 7.43. The predicted octanol–water partition coefficient (Wildman–Crippen LogP) is 2.85. The largest absolute Gasteiger partial charge is 0.304 e. The van der Waals surface area contributed by atoms with Gasteiger partial charge in [-0.2, -0.15) is 5.06 Å². The van der Waals surface area contributed by atoms with Crippen LogP contribution in [0, 0.1) is 0 Å². The minimum absolute atomic E-state index is 0.350. The molecule has 6 heteroatoms. The SMILES string of the molecule is CNS(C)(C)C(=O)N(O)c1ccc(Cl)cc1. The van der Waals surface area contributed by atoms with Gasteiger partial charge in [-0.1, -0.05) is 11.6 Å². The molecule has 0 saturated heterocycles. The quantitative estimate of drug-likeness (QED) is 0.637. The number of nitrogens with one attached hydrogen (secondary N) is 1. The number of amides is 1. The summed E-state index contributed by atoms with van der Waals surface area (Å²) >= 11 is 5.72. The molecular formula is C10H15ClN2O2S. The molecule has 0 aliphatic carbocycles. The Bertz CT molecular complexity index is 381. The first-order chi connectivity index (χ1) is 7.38. The standard InChI is InChI=1S/C10H15ClN2O2S/c1-12-16(2,3)10(14)13(15)9-6-4-8(11)5-7-9/h4-7,12,15H,1-3H3. The van der Waals surface area contributed by atoms with Gasteiger partial charge in [0.2, 0.25) is 0 Å². The summed E-state index contributed by atoms with van der Waals surface area (Å²) in [6, 6.07) is 6.42.